The number of nitrogens with one attached hydrogen (secondary N) is 2. The lowest BCUT2D eigenvalue weighted by molar-refractivity contribution is -0.155. The Labute approximate surface area is 382 Å². The largest absolute Gasteiger partial charge is 0.464 e. The molecular formula is C49H65N9O7. The number of nitrogens with zero attached hydrogens (tertiary/aromatic N) is 7. The summed E-state index contributed by atoms with van der Waals surface area (Å²) in [6.45, 7) is 15.7. The average molecular weight is 892 g/mol. The molecule has 2 saturated heterocycles. The fraction of sp³-hybridized carbons (Fsp3) is 0.531. The maximum atomic E-state index is 14.7. The number of urea groups is 1. The topological polar surface area (TPSA) is 172 Å². The number of benzene rings is 1. The predicted octanol–water partition coefficient (Wildman–Crippen LogP) is 5.73. The standard InChI is InChI=1S/C49H65N9O7/c1-10-57-41-20-19-33-25-36(41)37(44(57)35-16-12-21-50-42(35)31(4)64-9)27-49(6,7)28-65-47(62)39-18-13-24-58(53-39)46(61)40(26-34-15-11-17-38(33)51-34)52-45(60)43(30(2)3)54(8)48(63)56-23-14-22-55(29-56)32(5)59/h11-12,15-17,19-21,25,30-31,39-40,43,53H,10,13-14,18,22-24,26-29H2,1-9H3,(H,52,60)/t31-,39-,40-,43-/m0/s1. The van der Waals surface area contributed by atoms with Gasteiger partial charge in [-0.25, -0.2) is 10.2 Å². The summed E-state index contributed by atoms with van der Waals surface area (Å²) in [7, 11) is 3.26. The first kappa shape index (κ1) is 47.1. The van der Waals surface area contributed by atoms with E-state index in [1.54, 1.807) is 30.2 Å². The first-order valence-electron chi connectivity index (χ1n) is 22.9. The molecule has 65 heavy (non-hydrogen) atoms. The van der Waals surface area contributed by atoms with Crippen molar-refractivity contribution >= 4 is 40.6 Å². The van der Waals surface area contributed by atoms with Crippen LogP contribution in [0.4, 0.5) is 4.79 Å². The molecule has 0 saturated carbocycles. The Hall–Kier alpha value is -5.87. The normalized spacial score (nSPS) is 20.2. The van der Waals surface area contributed by atoms with Crippen molar-refractivity contribution in [1.82, 2.24) is 45.0 Å². The molecule has 0 unspecified atom stereocenters. The van der Waals surface area contributed by atoms with Gasteiger partial charge >= 0.3 is 12.0 Å². The summed E-state index contributed by atoms with van der Waals surface area (Å²) >= 11 is 0. The summed E-state index contributed by atoms with van der Waals surface area (Å²) in [6, 6.07) is 12.8. The molecule has 3 aliphatic heterocycles. The smallest absolute Gasteiger partial charge is 0.324 e. The van der Waals surface area contributed by atoms with Crippen molar-refractivity contribution < 1.29 is 33.4 Å². The Morgan fingerprint density at radius 3 is 2.52 bits per heavy atom. The SMILES string of the molecule is CCn1c(-c2cccnc2[C@H](C)OC)c2c3cc(ccc31)-c1cccc(n1)C[C@H](NC(=O)[C@H](C(C)C)N(C)C(=O)N1CCCN(C(C)=O)C1)C(=O)N1CCC[C@H](N1)C(=O)OCC(C)(C)C2. The second kappa shape index (κ2) is 19.7. The van der Waals surface area contributed by atoms with Crippen LogP contribution in [0.5, 0.6) is 0 Å². The van der Waals surface area contributed by atoms with Gasteiger partial charge in [-0.2, -0.15) is 0 Å². The molecule has 0 aliphatic carbocycles. The molecule has 6 heterocycles. The van der Waals surface area contributed by atoms with Gasteiger partial charge in [0.1, 0.15) is 18.1 Å². The zero-order valence-corrected chi connectivity index (χ0v) is 39.3. The highest BCUT2D eigenvalue weighted by atomic mass is 16.5. The number of carbonyl (C=O) groups is 5. The van der Waals surface area contributed by atoms with E-state index in [-0.39, 0.29) is 43.7 Å². The maximum absolute atomic E-state index is 14.7. The van der Waals surface area contributed by atoms with E-state index in [1.165, 1.54) is 16.8 Å². The van der Waals surface area contributed by atoms with E-state index < -0.39 is 41.3 Å². The molecule has 3 aliphatic rings. The molecule has 6 bridgehead atoms. The number of ether oxygens (including phenoxy) is 2. The molecule has 0 radical (unpaired) electrons. The summed E-state index contributed by atoms with van der Waals surface area (Å²) < 4.78 is 14.2. The van der Waals surface area contributed by atoms with Gasteiger partial charge in [-0.1, -0.05) is 39.8 Å². The number of likely N-dealkylation sites (N-methyl/N-ethyl adjacent to an activating group) is 1. The number of pyridine rings is 2. The quantitative estimate of drug-likeness (QED) is 0.208. The van der Waals surface area contributed by atoms with Gasteiger partial charge in [-0.3, -0.25) is 34.2 Å². The van der Waals surface area contributed by atoms with Gasteiger partial charge in [0.2, 0.25) is 11.8 Å². The van der Waals surface area contributed by atoms with Crippen LogP contribution in [0.3, 0.4) is 0 Å². The van der Waals surface area contributed by atoms with Crippen LogP contribution in [-0.4, -0.2) is 129 Å². The van der Waals surface area contributed by atoms with Crippen molar-refractivity contribution in [1.29, 1.82) is 0 Å². The molecule has 4 atom stereocenters. The fourth-order valence-electron chi connectivity index (χ4n) is 9.55. The van der Waals surface area contributed by atoms with Gasteiger partial charge in [0, 0.05) is 93.0 Å². The number of hydrazine groups is 1. The van der Waals surface area contributed by atoms with E-state index in [2.05, 4.69) is 60.3 Å². The molecule has 1 aromatic carbocycles. The van der Waals surface area contributed by atoms with Gasteiger partial charge in [0.15, 0.2) is 0 Å². The van der Waals surface area contributed by atoms with E-state index in [0.29, 0.717) is 63.3 Å². The Bertz CT molecular complexity index is 2430. The van der Waals surface area contributed by atoms with Crippen LogP contribution in [0.1, 0.15) is 90.8 Å². The maximum Gasteiger partial charge on any atom is 0.324 e. The molecule has 4 aromatic rings. The van der Waals surface area contributed by atoms with Crippen LogP contribution in [0.25, 0.3) is 33.4 Å². The van der Waals surface area contributed by atoms with E-state index in [9.17, 15) is 24.0 Å². The highest BCUT2D eigenvalue weighted by molar-refractivity contribution is 5.95. The predicted molar refractivity (Wildman–Crippen MR) is 247 cm³/mol. The second-order valence-electron chi connectivity index (χ2n) is 18.8. The van der Waals surface area contributed by atoms with Crippen LogP contribution in [0.15, 0.2) is 54.7 Å². The van der Waals surface area contributed by atoms with Crippen molar-refractivity contribution in [3.05, 3.63) is 71.7 Å². The van der Waals surface area contributed by atoms with E-state index in [1.807, 2.05) is 45.0 Å². The monoisotopic (exact) mass is 892 g/mol. The number of aryl methyl sites for hydroxylation is 1. The highest BCUT2D eigenvalue weighted by Crippen LogP contribution is 2.42. The first-order valence-corrected chi connectivity index (χ1v) is 22.9. The fourth-order valence-corrected chi connectivity index (χ4v) is 9.55. The number of esters is 1. The third-order valence-electron chi connectivity index (χ3n) is 13.0. The number of fused-ring (bicyclic) bond motifs is 6. The van der Waals surface area contributed by atoms with Crippen molar-refractivity contribution in [3.63, 3.8) is 0 Å². The minimum atomic E-state index is -1.11. The lowest BCUT2D eigenvalue weighted by atomic mass is 9.84. The van der Waals surface area contributed by atoms with Gasteiger partial charge in [0.05, 0.1) is 36.5 Å². The van der Waals surface area contributed by atoms with E-state index in [4.69, 9.17) is 19.4 Å². The third-order valence-corrected chi connectivity index (χ3v) is 13.0. The van der Waals surface area contributed by atoms with Gasteiger partial charge in [-0.05, 0) is 87.4 Å². The number of amides is 5. The lowest BCUT2D eigenvalue weighted by Gasteiger charge is -2.40. The zero-order valence-electron chi connectivity index (χ0n) is 39.3. The van der Waals surface area contributed by atoms with Crippen LogP contribution < -0.4 is 10.7 Å². The summed E-state index contributed by atoms with van der Waals surface area (Å²) in [6.07, 6.45) is 3.74. The summed E-state index contributed by atoms with van der Waals surface area (Å²) in [4.78, 5) is 83.6. The number of rotatable bonds is 8. The van der Waals surface area contributed by atoms with Crippen LogP contribution in [-0.2, 0) is 48.0 Å². The molecule has 7 rings (SSSR count). The van der Waals surface area contributed by atoms with Crippen molar-refractivity contribution in [2.45, 2.75) is 111 Å². The van der Waals surface area contributed by atoms with Gasteiger partial charge < -0.3 is 34.1 Å². The number of aromatic nitrogens is 3. The average Bonchev–Trinajstić information content (AvgIpc) is 3.60. The Kier molecular flexibility index (Phi) is 14.3. The lowest BCUT2D eigenvalue weighted by Crippen LogP contribution is -2.63. The highest BCUT2D eigenvalue weighted by Gasteiger charge is 2.39. The van der Waals surface area contributed by atoms with E-state index in [0.717, 1.165) is 39.0 Å². The Morgan fingerprint density at radius 2 is 1.80 bits per heavy atom. The van der Waals surface area contributed by atoms with Crippen LogP contribution in [0, 0.1) is 11.3 Å². The molecule has 16 heteroatoms. The molecule has 16 nitrogen and oxygen atoms in total. The Balaban J connectivity index is 1.29. The van der Waals surface area contributed by atoms with E-state index >= 15 is 0 Å². The van der Waals surface area contributed by atoms with Gasteiger partial charge in [0.25, 0.3) is 5.91 Å². The first-order chi connectivity index (χ1) is 31.0. The second-order valence-corrected chi connectivity index (χ2v) is 18.8. The molecule has 5 amide bonds. The molecule has 2 N–H and O–H groups in total. The molecule has 0 spiro atoms. The van der Waals surface area contributed by atoms with Crippen molar-refractivity contribution in [3.8, 4) is 22.5 Å². The minimum absolute atomic E-state index is 0.0351. The number of hydrogen-bond donors (Lipinski definition) is 2. The molecular weight excluding hydrogens is 827 g/mol. The van der Waals surface area contributed by atoms with Crippen molar-refractivity contribution in [2.75, 3.05) is 47.1 Å². The summed E-state index contributed by atoms with van der Waals surface area (Å²) in [5, 5.41) is 5.46. The zero-order chi connectivity index (χ0) is 46.7. The minimum Gasteiger partial charge on any atom is -0.464 e. The third kappa shape index (κ3) is 10.0. The number of hydrogen-bond acceptors (Lipinski definition) is 10. The van der Waals surface area contributed by atoms with Gasteiger partial charge in [-0.15, -0.1) is 0 Å². The Morgan fingerprint density at radius 1 is 1.03 bits per heavy atom. The molecule has 2 fully saturated rings. The molecule has 3 aromatic heterocycles. The van der Waals surface area contributed by atoms with Crippen LogP contribution >= 0.6 is 0 Å². The summed E-state index contributed by atoms with van der Waals surface area (Å²) in [5.41, 5.74) is 9.72. The number of methoxy groups -OCH3 is 1. The number of cyclic esters (lactones) is 1. The van der Waals surface area contributed by atoms with Crippen molar-refractivity contribution in [2.24, 2.45) is 11.3 Å². The molecule has 348 valence electrons. The summed E-state index contributed by atoms with van der Waals surface area (Å²) in [5.74, 6) is -1.87. The number of carbonyl (C=O) groups excluding carboxylic acids is 5. The van der Waals surface area contributed by atoms with Crippen LogP contribution in [0.2, 0.25) is 0 Å².